The highest BCUT2D eigenvalue weighted by molar-refractivity contribution is 7.00. The Bertz CT molecular complexity index is 3760. The highest BCUT2D eigenvalue weighted by Gasteiger charge is 2.46. The first-order valence-electron chi connectivity index (χ1n) is 26.3. The molecule has 0 spiro atoms. The van der Waals surface area contributed by atoms with E-state index in [1.807, 2.05) is 0 Å². The number of nitrogens with zero attached hydrogens (tertiary/aromatic N) is 4. The molecule has 2 heterocycles. The molecular formula is C72H51BN4. The summed E-state index contributed by atoms with van der Waals surface area (Å²) in [5, 5.41) is 10.9. The third-order valence-corrected chi connectivity index (χ3v) is 15.4. The van der Waals surface area contributed by atoms with Crippen molar-refractivity contribution in [1.29, 1.82) is 5.26 Å². The minimum absolute atomic E-state index is 0.236. The third-order valence-electron chi connectivity index (χ3n) is 15.4. The number of hydrogen-bond donors (Lipinski definition) is 0. The number of benzene rings is 11. The van der Waals surface area contributed by atoms with Crippen LogP contribution in [-0.4, -0.2) is 6.71 Å². The fraction of sp³-hybridized carbons (Fsp3) is 0.0556. The quantitative estimate of drug-likeness (QED) is 0.112. The van der Waals surface area contributed by atoms with Gasteiger partial charge < -0.3 is 9.80 Å². The highest BCUT2D eigenvalue weighted by Crippen LogP contribution is 2.54. The molecule has 13 rings (SSSR count). The molecule has 11 aromatic carbocycles. The second-order valence-electron chi connectivity index (χ2n) is 21.1. The van der Waals surface area contributed by atoms with E-state index in [1.54, 1.807) is 0 Å². The van der Waals surface area contributed by atoms with Crippen LogP contribution in [0.25, 0.3) is 71.6 Å². The Hall–Kier alpha value is -9.94. The number of anilines is 6. The molecule has 0 atom stereocenters. The maximum absolute atomic E-state index is 10.9. The Morgan fingerprint density at radius 1 is 0.390 bits per heavy atom. The van der Waals surface area contributed by atoms with E-state index in [0.29, 0.717) is 11.3 Å². The maximum atomic E-state index is 10.9. The summed E-state index contributed by atoms with van der Waals surface area (Å²) in [6.45, 7) is 15.2. The summed E-state index contributed by atoms with van der Waals surface area (Å²) in [4.78, 5) is 9.21. The van der Waals surface area contributed by atoms with Gasteiger partial charge in [-0.2, -0.15) is 5.26 Å². The normalized spacial score (nSPS) is 12.2. The van der Waals surface area contributed by atoms with E-state index in [0.717, 1.165) is 101 Å². The molecule has 0 N–H and O–H groups in total. The lowest BCUT2D eigenvalue weighted by molar-refractivity contribution is 0.590. The molecule has 0 unspecified atom stereocenters. The van der Waals surface area contributed by atoms with E-state index in [1.165, 1.54) is 22.0 Å². The number of rotatable bonds is 8. The Morgan fingerprint density at radius 2 is 0.727 bits per heavy atom. The summed E-state index contributed by atoms with van der Waals surface area (Å²) in [6, 6.07) is 93.5. The van der Waals surface area contributed by atoms with Crippen LogP contribution in [0.1, 0.15) is 31.9 Å². The van der Waals surface area contributed by atoms with Crippen molar-refractivity contribution in [3.05, 3.63) is 277 Å². The van der Waals surface area contributed by atoms with Gasteiger partial charge in [-0.1, -0.05) is 227 Å². The summed E-state index contributed by atoms with van der Waals surface area (Å²) in [7, 11) is 0. The van der Waals surface area contributed by atoms with Crippen LogP contribution in [0.5, 0.6) is 0 Å². The molecule has 0 amide bonds. The van der Waals surface area contributed by atoms with Gasteiger partial charge >= 0.3 is 0 Å². The lowest BCUT2D eigenvalue weighted by Gasteiger charge is -2.46. The molecule has 0 fully saturated rings. The molecule has 362 valence electrons. The monoisotopic (exact) mass is 982 g/mol. The van der Waals surface area contributed by atoms with E-state index in [-0.39, 0.29) is 12.1 Å². The number of fused-ring (bicyclic) bond motifs is 4. The van der Waals surface area contributed by atoms with Crippen molar-refractivity contribution in [3.8, 4) is 72.8 Å². The van der Waals surface area contributed by atoms with Gasteiger partial charge in [-0.25, -0.2) is 4.85 Å². The summed E-state index contributed by atoms with van der Waals surface area (Å²) in [5.74, 6) is 0. The summed E-state index contributed by atoms with van der Waals surface area (Å²) < 4.78 is 0. The summed E-state index contributed by atoms with van der Waals surface area (Å²) in [5.41, 5.74) is 24.3. The minimum atomic E-state index is -0.305. The van der Waals surface area contributed by atoms with Crippen molar-refractivity contribution in [2.75, 3.05) is 9.80 Å². The largest absolute Gasteiger partial charge is 0.310 e. The van der Waals surface area contributed by atoms with E-state index < -0.39 is 0 Å². The van der Waals surface area contributed by atoms with Crippen molar-refractivity contribution >= 4 is 62.9 Å². The van der Waals surface area contributed by atoms with Crippen LogP contribution >= 0.6 is 0 Å². The average molecular weight is 983 g/mol. The molecular weight excluding hydrogens is 932 g/mol. The topological polar surface area (TPSA) is 34.6 Å². The smallest absolute Gasteiger partial charge is 0.252 e. The zero-order valence-corrected chi connectivity index (χ0v) is 43.1. The van der Waals surface area contributed by atoms with Crippen molar-refractivity contribution < 1.29 is 0 Å². The second kappa shape index (κ2) is 19.1. The number of hydrogen-bond acceptors (Lipinski definition) is 3. The van der Waals surface area contributed by atoms with Crippen LogP contribution in [0.15, 0.2) is 255 Å². The second-order valence-corrected chi connectivity index (χ2v) is 21.1. The van der Waals surface area contributed by atoms with Gasteiger partial charge in [0.05, 0.1) is 29.6 Å². The predicted octanol–water partition coefficient (Wildman–Crippen LogP) is 17.5. The molecule has 0 radical (unpaired) electrons. The van der Waals surface area contributed by atoms with Crippen molar-refractivity contribution in [2.45, 2.75) is 26.2 Å². The lowest BCUT2D eigenvalue weighted by atomic mass is 9.33. The highest BCUT2D eigenvalue weighted by atomic mass is 15.2. The molecule has 0 saturated carbocycles. The van der Waals surface area contributed by atoms with Gasteiger partial charge in [-0.05, 0) is 132 Å². The molecule has 0 bridgehead atoms. The fourth-order valence-electron chi connectivity index (χ4n) is 11.8. The van der Waals surface area contributed by atoms with Gasteiger partial charge in [-0.15, -0.1) is 0 Å². The van der Waals surface area contributed by atoms with Crippen LogP contribution in [0, 0.1) is 17.9 Å². The van der Waals surface area contributed by atoms with Gasteiger partial charge in [0.1, 0.15) is 0 Å². The van der Waals surface area contributed by atoms with Crippen molar-refractivity contribution in [2.24, 2.45) is 0 Å². The van der Waals surface area contributed by atoms with Crippen LogP contribution < -0.4 is 26.2 Å². The minimum Gasteiger partial charge on any atom is -0.310 e. The van der Waals surface area contributed by atoms with Crippen LogP contribution in [0.4, 0.5) is 39.8 Å². The molecule has 2 aliphatic heterocycles. The number of nitriles is 1. The first kappa shape index (κ1) is 46.8. The Kier molecular flexibility index (Phi) is 11.6. The molecule has 2 aliphatic rings. The molecule has 77 heavy (non-hydrogen) atoms. The average Bonchev–Trinajstić information content (AvgIpc) is 3.68. The van der Waals surface area contributed by atoms with Gasteiger partial charge in [-0.3, -0.25) is 0 Å². The zero-order valence-electron chi connectivity index (χ0n) is 43.1. The molecule has 0 aliphatic carbocycles. The first-order chi connectivity index (χ1) is 37.7. The van der Waals surface area contributed by atoms with Gasteiger partial charge in [0.2, 0.25) is 0 Å². The van der Waals surface area contributed by atoms with Crippen LogP contribution in [0.2, 0.25) is 0 Å². The maximum Gasteiger partial charge on any atom is 0.252 e. The van der Waals surface area contributed by atoms with Crippen LogP contribution in [-0.2, 0) is 5.41 Å². The first-order valence-corrected chi connectivity index (χ1v) is 26.3. The Labute approximate surface area is 452 Å². The van der Waals surface area contributed by atoms with Gasteiger partial charge in [0.25, 0.3) is 6.71 Å². The molecule has 4 nitrogen and oxygen atoms in total. The third kappa shape index (κ3) is 8.18. The molecule has 11 aromatic rings. The molecule has 0 aromatic heterocycles. The predicted molar refractivity (Wildman–Crippen MR) is 323 cm³/mol. The van der Waals surface area contributed by atoms with Gasteiger partial charge in [0.15, 0.2) is 5.69 Å². The lowest BCUT2D eigenvalue weighted by Crippen LogP contribution is -2.61. The Morgan fingerprint density at radius 3 is 1.05 bits per heavy atom. The summed E-state index contributed by atoms with van der Waals surface area (Å²) >= 11 is 0. The SMILES string of the molecule is [C-]#[N+]c1cc(-c2ccccc2)c(N2c3ccc(-c4ccccc4)cc3B3c4cc(-c5ccccc5)ccc4N(c4c(-c5ccccc5)cc(C#N)cc4-c4ccccc4)c4cc(C(C)(C)C)cc2c43)c(-c2ccccc2)c1. The molecule has 5 heteroatoms. The van der Waals surface area contributed by atoms with E-state index >= 15 is 0 Å². The van der Waals surface area contributed by atoms with Crippen molar-refractivity contribution in [1.82, 2.24) is 0 Å². The van der Waals surface area contributed by atoms with Crippen LogP contribution in [0.3, 0.4) is 0 Å². The summed E-state index contributed by atoms with van der Waals surface area (Å²) in [6.07, 6.45) is 0. The molecule has 0 saturated heterocycles. The fourth-order valence-corrected chi connectivity index (χ4v) is 11.8. The standard InChI is InChI=1S/C72H51BN4/c1-72(2,3)57-43-67-69-68(44-57)77(71-61(53-31-19-9-20-32-53)45-58(75-4)46-62(71)54-33-21-10-22-34-54)66-38-36-56(50-25-13-6-14-26-50)42-64(66)73(69)63-41-55(49-23-11-5-12-24-49)35-37-65(63)76(67)70-59(51-27-15-7-16-28-51)39-48(47-74)40-60(70)52-29-17-8-18-30-52/h5-46H,1-3H3. The van der Waals surface area contributed by atoms with E-state index in [2.05, 4.69) is 296 Å². The van der Waals surface area contributed by atoms with E-state index in [9.17, 15) is 5.26 Å². The van der Waals surface area contributed by atoms with Gasteiger partial charge in [0, 0.05) is 33.9 Å². The van der Waals surface area contributed by atoms with Crippen molar-refractivity contribution in [3.63, 3.8) is 0 Å². The van der Waals surface area contributed by atoms with E-state index in [4.69, 9.17) is 6.57 Å². The zero-order chi connectivity index (χ0) is 52.2. The Balaban J connectivity index is 1.24.